The molecule has 0 unspecified atom stereocenters. The summed E-state index contributed by atoms with van der Waals surface area (Å²) < 4.78 is 0. The molecule has 0 bridgehead atoms. The summed E-state index contributed by atoms with van der Waals surface area (Å²) >= 11 is 0. The lowest BCUT2D eigenvalue weighted by Gasteiger charge is -2.32. The van der Waals surface area contributed by atoms with E-state index in [1.807, 2.05) is 24.5 Å². The second-order valence-corrected chi connectivity index (χ2v) is 9.06. The van der Waals surface area contributed by atoms with Gasteiger partial charge >= 0.3 is 0 Å². The van der Waals surface area contributed by atoms with Crippen LogP contribution >= 0.6 is 0 Å². The summed E-state index contributed by atoms with van der Waals surface area (Å²) in [5.74, 6) is 0. The summed E-state index contributed by atoms with van der Waals surface area (Å²) in [4.78, 5) is 9.21. The van der Waals surface area contributed by atoms with Gasteiger partial charge in [0, 0.05) is 23.2 Å². The van der Waals surface area contributed by atoms with Gasteiger partial charge in [-0.25, -0.2) is 0 Å². The fourth-order valence-electron chi connectivity index (χ4n) is 4.04. The van der Waals surface area contributed by atoms with E-state index < -0.39 is 0 Å². The van der Waals surface area contributed by atoms with Gasteiger partial charge in [0.05, 0.1) is 11.0 Å². The third kappa shape index (κ3) is 3.52. The van der Waals surface area contributed by atoms with E-state index in [9.17, 15) is 0 Å². The van der Waals surface area contributed by atoms with Crippen molar-refractivity contribution in [2.24, 2.45) is 0 Å². The number of rotatable bonds is 5. The molecule has 0 amide bonds. The predicted molar refractivity (Wildman–Crippen MR) is 119 cm³/mol. The van der Waals surface area contributed by atoms with Gasteiger partial charge in [-0.15, -0.1) is 0 Å². The van der Waals surface area contributed by atoms with Crippen LogP contribution in [-0.4, -0.2) is 9.97 Å². The van der Waals surface area contributed by atoms with Crippen LogP contribution in [0.25, 0.3) is 21.8 Å². The fraction of sp³-hybridized carbons (Fsp3) is 0.308. The van der Waals surface area contributed by atoms with Crippen molar-refractivity contribution in [1.29, 1.82) is 0 Å². The quantitative estimate of drug-likeness (QED) is 0.386. The fourth-order valence-corrected chi connectivity index (χ4v) is 4.04. The monoisotopic (exact) mass is 368 g/mol. The highest BCUT2D eigenvalue weighted by Crippen LogP contribution is 2.38. The number of pyridine rings is 2. The molecule has 0 fully saturated rings. The molecule has 0 aliphatic carbocycles. The first-order chi connectivity index (χ1) is 13.4. The first-order valence-electron chi connectivity index (χ1n) is 10.1. The molecule has 2 heterocycles. The SMILES string of the molecule is CC(C)(CCC(C)(C)c1cccc2cccnc12)c1ccc2cccnc2c1. The molecule has 142 valence electrons. The Morgan fingerprint density at radius 1 is 0.679 bits per heavy atom. The Labute approximate surface area is 167 Å². The topological polar surface area (TPSA) is 25.8 Å². The van der Waals surface area contributed by atoms with Gasteiger partial charge in [-0.1, -0.05) is 70.2 Å². The van der Waals surface area contributed by atoms with Crippen molar-refractivity contribution < 1.29 is 0 Å². The molecule has 0 saturated carbocycles. The van der Waals surface area contributed by atoms with Crippen LogP contribution < -0.4 is 0 Å². The summed E-state index contributed by atoms with van der Waals surface area (Å²) in [6, 6.07) is 21.5. The third-order valence-corrected chi connectivity index (χ3v) is 6.12. The standard InChI is InChI=1S/C26H28N2/c1-25(2,21-13-12-19-9-6-16-27-23(19)18-21)14-15-26(3,4)22-11-5-8-20-10-7-17-28-24(20)22/h5-13,16-18H,14-15H2,1-4H3. The highest BCUT2D eigenvalue weighted by atomic mass is 14.7. The summed E-state index contributed by atoms with van der Waals surface area (Å²) in [7, 11) is 0. The number of fused-ring (bicyclic) bond motifs is 2. The van der Waals surface area contributed by atoms with E-state index in [4.69, 9.17) is 0 Å². The number of aromatic nitrogens is 2. The van der Waals surface area contributed by atoms with Crippen molar-refractivity contribution in [3.05, 3.63) is 84.2 Å². The van der Waals surface area contributed by atoms with Crippen LogP contribution in [0.5, 0.6) is 0 Å². The van der Waals surface area contributed by atoms with E-state index in [1.54, 1.807) is 0 Å². The molecule has 2 heteroatoms. The zero-order chi connectivity index (χ0) is 19.8. The second-order valence-electron chi connectivity index (χ2n) is 9.06. The summed E-state index contributed by atoms with van der Waals surface area (Å²) in [5, 5.41) is 2.41. The number of benzene rings is 2. The minimum Gasteiger partial charge on any atom is -0.256 e. The van der Waals surface area contributed by atoms with Crippen molar-refractivity contribution in [1.82, 2.24) is 9.97 Å². The number of hydrogen-bond acceptors (Lipinski definition) is 2. The van der Waals surface area contributed by atoms with Crippen molar-refractivity contribution in [2.45, 2.75) is 51.4 Å². The molecule has 2 aromatic heterocycles. The largest absolute Gasteiger partial charge is 0.256 e. The molecular weight excluding hydrogens is 340 g/mol. The zero-order valence-corrected chi connectivity index (χ0v) is 17.2. The molecule has 0 radical (unpaired) electrons. The van der Waals surface area contributed by atoms with Crippen LogP contribution in [0.15, 0.2) is 73.1 Å². The first-order valence-corrected chi connectivity index (χ1v) is 10.1. The summed E-state index contributed by atoms with van der Waals surface area (Å²) in [5.41, 5.74) is 5.03. The first kappa shape index (κ1) is 18.6. The maximum atomic E-state index is 4.68. The van der Waals surface area contributed by atoms with Crippen molar-refractivity contribution in [3.8, 4) is 0 Å². The van der Waals surface area contributed by atoms with Gasteiger partial charge in [-0.3, -0.25) is 9.97 Å². The van der Waals surface area contributed by atoms with Crippen LogP contribution in [0.4, 0.5) is 0 Å². The normalized spacial score (nSPS) is 12.6. The van der Waals surface area contributed by atoms with Crippen LogP contribution in [0.2, 0.25) is 0 Å². The molecule has 0 N–H and O–H groups in total. The van der Waals surface area contributed by atoms with E-state index in [2.05, 4.69) is 86.2 Å². The van der Waals surface area contributed by atoms with Crippen molar-refractivity contribution in [2.75, 3.05) is 0 Å². The Morgan fingerprint density at radius 3 is 2.18 bits per heavy atom. The molecule has 28 heavy (non-hydrogen) atoms. The van der Waals surface area contributed by atoms with Crippen LogP contribution in [0.1, 0.15) is 51.7 Å². The van der Waals surface area contributed by atoms with Gasteiger partial charge in [0.25, 0.3) is 0 Å². The molecule has 0 saturated heterocycles. The molecule has 0 spiro atoms. The van der Waals surface area contributed by atoms with Gasteiger partial charge in [0.15, 0.2) is 0 Å². The Morgan fingerprint density at radius 2 is 1.36 bits per heavy atom. The van der Waals surface area contributed by atoms with Crippen molar-refractivity contribution in [3.63, 3.8) is 0 Å². The molecule has 0 aliphatic heterocycles. The Hall–Kier alpha value is -2.74. The highest BCUT2D eigenvalue weighted by Gasteiger charge is 2.28. The highest BCUT2D eigenvalue weighted by molar-refractivity contribution is 5.82. The maximum Gasteiger partial charge on any atom is 0.0739 e. The molecule has 4 aromatic rings. The zero-order valence-electron chi connectivity index (χ0n) is 17.2. The van der Waals surface area contributed by atoms with Gasteiger partial charge in [0.2, 0.25) is 0 Å². The van der Waals surface area contributed by atoms with E-state index in [0.717, 1.165) is 23.9 Å². The van der Waals surface area contributed by atoms with E-state index in [1.165, 1.54) is 21.9 Å². The van der Waals surface area contributed by atoms with Crippen LogP contribution in [-0.2, 0) is 10.8 Å². The predicted octanol–water partition coefficient (Wildman–Crippen LogP) is 6.82. The lowest BCUT2D eigenvalue weighted by Crippen LogP contribution is -2.24. The lowest BCUT2D eigenvalue weighted by atomic mass is 9.72. The summed E-state index contributed by atoms with van der Waals surface area (Å²) in [6.07, 6.45) is 5.96. The molecule has 0 aliphatic rings. The molecular formula is C26H28N2. The minimum atomic E-state index is 0.0558. The van der Waals surface area contributed by atoms with Gasteiger partial charge < -0.3 is 0 Å². The minimum absolute atomic E-state index is 0.0558. The number of nitrogens with zero attached hydrogens (tertiary/aromatic N) is 2. The van der Waals surface area contributed by atoms with Gasteiger partial charge in [-0.05, 0) is 53.0 Å². The molecule has 4 rings (SSSR count). The molecule has 2 aromatic carbocycles. The Kier molecular flexibility index (Phi) is 4.66. The second kappa shape index (κ2) is 7.01. The van der Waals surface area contributed by atoms with E-state index in [-0.39, 0.29) is 10.8 Å². The average molecular weight is 369 g/mol. The number of para-hydroxylation sites is 1. The van der Waals surface area contributed by atoms with Crippen LogP contribution in [0, 0.1) is 0 Å². The van der Waals surface area contributed by atoms with E-state index >= 15 is 0 Å². The van der Waals surface area contributed by atoms with E-state index in [0.29, 0.717) is 0 Å². The maximum absolute atomic E-state index is 4.68. The average Bonchev–Trinajstić information content (AvgIpc) is 2.71. The smallest absolute Gasteiger partial charge is 0.0739 e. The molecule has 2 nitrogen and oxygen atoms in total. The Balaban J connectivity index is 1.60. The Bertz CT molecular complexity index is 1120. The lowest BCUT2D eigenvalue weighted by molar-refractivity contribution is 0.376. The van der Waals surface area contributed by atoms with Crippen molar-refractivity contribution >= 4 is 21.8 Å². The molecule has 0 atom stereocenters. The third-order valence-electron chi connectivity index (χ3n) is 6.12. The van der Waals surface area contributed by atoms with Gasteiger partial charge in [0.1, 0.15) is 0 Å². The van der Waals surface area contributed by atoms with Crippen LogP contribution in [0.3, 0.4) is 0 Å². The summed E-state index contributed by atoms with van der Waals surface area (Å²) in [6.45, 7) is 9.37. The number of hydrogen-bond donors (Lipinski definition) is 0. The van der Waals surface area contributed by atoms with Gasteiger partial charge in [-0.2, -0.15) is 0 Å².